The largest absolute Gasteiger partial charge is 0.471 e. The Morgan fingerprint density at radius 3 is 2.55 bits per heavy atom. The molecule has 0 saturated carbocycles. The minimum absolute atomic E-state index is 0.487. The molecule has 0 radical (unpaired) electrons. The fourth-order valence-electron chi connectivity index (χ4n) is 2.10. The van der Waals surface area contributed by atoms with Gasteiger partial charge in [0, 0.05) is 0 Å². The molecule has 0 aliphatic carbocycles. The van der Waals surface area contributed by atoms with Gasteiger partial charge >= 0.3 is 0 Å². The second-order valence-electron chi connectivity index (χ2n) is 4.61. The van der Waals surface area contributed by atoms with Crippen LogP contribution >= 0.6 is 0 Å². The van der Waals surface area contributed by atoms with E-state index in [9.17, 15) is 0 Å². The highest BCUT2D eigenvalue weighted by Crippen LogP contribution is 2.23. The summed E-state index contributed by atoms with van der Waals surface area (Å²) in [7, 11) is 0. The summed E-state index contributed by atoms with van der Waals surface area (Å²) < 4.78 is 5.50. The van der Waals surface area contributed by atoms with Crippen LogP contribution in [0.15, 0.2) is 54.7 Å². The fraction of sp³-hybridized carbons (Fsp3) is 0.125. The van der Waals surface area contributed by atoms with Crippen molar-refractivity contribution in [3.8, 4) is 17.0 Å². The molecule has 0 fully saturated rings. The van der Waals surface area contributed by atoms with Crippen LogP contribution in [0.2, 0.25) is 0 Å². The molecule has 0 amide bonds. The number of aromatic amines is 1. The maximum atomic E-state index is 5.50. The molecule has 0 spiro atoms. The van der Waals surface area contributed by atoms with Gasteiger partial charge in [0.2, 0.25) is 0 Å². The van der Waals surface area contributed by atoms with Crippen LogP contribution in [0.3, 0.4) is 0 Å². The van der Waals surface area contributed by atoms with Gasteiger partial charge in [0.25, 0.3) is 5.88 Å². The van der Waals surface area contributed by atoms with E-state index >= 15 is 0 Å². The van der Waals surface area contributed by atoms with E-state index in [2.05, 4.69) is 70.9 Å². The first kappa shape index (κ1) is 12.4. The minimum Gasteiger partial charge on any atom is -0.471 e. The van der Waals surface area contributed by atoms with Gasteiger partial charge < -0.3 is 4.74 Å². The average molecular weight is 265 g/mol. The Kier molecular flexibility index (Phi) is 3.46. The molecule has 1 heterocycles. The van der Waals surface area contributed by atoms with Crippen molar-refractivity contribution in [2.24, 2.45) is 0 Å². The zero-order chi connectivity index (χ0) is 13.8. The molecule has 4 heteroatoms. The molecule has 20 heavy (non-hydrogen) atoms. The van der Waals surface area contributed by atoms with E-state index in [4.69, 9.17) is 4.74 Å². The summed E-state index contributed by atoms with van der Waals surface area (Å²) in [4.78, 5) is 0. The normalized spacial score (nSPS) is 10.4. The van der Waals surface area contributed by atoms with Crippen LogP contribution in [0.1, 0.15) is 11.1 Å². The van der Waals surface area contributed by atoms with Gasteiger partial charge in [-0.15, -0.1) is 5.10 Å². The molecular weight excluding hydrogens is 250 g/mol. The highest BCUT2D eigenvalue weighted by atomic mass is 16.5. The van der Waals surface area contributed by atoms with Crippen molar-refractivity contribution in [3.63, 3.8) is 0 Å². The van der Waals surface area contributed by atoms with Crippen LogP contribution in [0.25, 0.3) is 11.1 Å². The van der Waals surface area contributed by atoms with E-state index in [1.54, 1.807) is 6.20 Å². The van der Waals surface area contributed by atoms with Crippen LogP contribution in [0.5, 0.6) is 5.88 Å². The van der Waals surface area contributed by atoms with Crippen LogP contribution < -0.4 is 4.74 Å². The van der Waals surface area contributed by atoms with Gasteiger partial charge in [-0.05, 0) is 29.2 Å². The predicted octanol–water partition coefficient (Wildman–Crippen LogP) is 3.36. The standard InChI is InChI=1S/C16H15N3O/c1-12-4-2-3-5-15(12)14-8-6-13(7-9-14)11-20-16-10-17-19-18-16/h2-10H,11H2,1H3,(H,17,18,19). The maximum absolute atomic E-state index is 5.50. The monoisotopic (exact) mass is 265 g/mol. The summed E-state index contributed by atoms with van der Waals surface area (Å²) in [5.74, 6) is 0.507. The third-order valence-electron chi connectivity index (χ3n) is 3.19. The number of hydrogen-bond acceptors (Lipinski definition) is 3. The summed E-state index contributed by atoms with van der Waals surface area (Å²) in [5, 5.41) is 10.1. The van der Waals surface area contributed by atoms with Crippen molar-refractivity contribution in [2.75, 3.05) is 0 Å². The molecule has 3 rings (SSSR count). The molecular formula is C16H15N3O. The van der Waals surface area contributed by atoms with Crippen molar-refractivity contribution >= 4 is 0 Å². The number of nitrogens with one attached hydrogen (secondary N) is 1. The Labute approximate surface area is 117 Å². The molecule has 100 valence electrons. The number of aromatic nitrogens is 3. The molecule has 1 N–H and O–H groups in total. The number of ether oxygens (including phenoxy) is 1. The van der Waals surface area contributed by atoms with Gasteiger partial charge in [0.05, 0.1) is 0 Å². The van der Waals surface area contributed by atoms with E-state index in [1.165, 1.54) is 16.7 Å². The lowest BCUT2D eigenvalue weighted by molar-refractivity contribution is 0.293. The lowest BCUT2D eigenvalue weighted by Crippen LogP contribution is -1.95. The van der Waals surface area contributed by atoms with Crippen LogP contribution in [-0.2, 0) is 6.61 Å². The SMILES string of the molecule is Cc1ccccc1-c1ccc(COc2cn[nH]n2)cc1. The third-order valence-corrected chi connectivity index (χ3v) is 3.19. The van der Waals surface area contributed by atoms with Crippen molar-refractivity contribution in [3.05, 3.63) is 65.9 Å². The minimum atomic E-state index is 0.487. The van der Waals surface area contributed by atoms with Crippen LogP contribution in [0.4, 0.5) is 0 Å². The van der Waals surface area contributed by atoms with Gasteiger partial charge in [0.15, 0.2) is 0 Å². The van der Waals surface area contributed by atoms with Gasteiger partial charge in [-0.3, -0.25) is 0 Å². The maximum Gasteiger partial charge on any atom is 0.253 e. The van der Waals surface area contributed by atoms with Crippen LogP contribution in [-0.4, -0.2) is 15.4 Å². The predicted molar refractivity (Wildman–Crippen MR) is 77.3 cm³/mol. The summed E-state index contributed by atoms with van der Waals surface area (Å²) >= 11 is 0. The highest BCUT2D eigenvalue weighted by molar-refractivity contribution is 5.67. The summed E-state index contributed by atoms with van der Waals surface area (Å²) in [5.41, 5.74) is 4.86. The second kappa shape index (κ2) is 5.57. The fourth-order valence-corrected chi connectivity index (χ4v) is 2.10. The zero-order valence-electron chi connectivity index (χ0n) is 11.2. The summed E-state index contributed by atoms with van der Waals surface area (Å²) in [6, 6.07) is 16.7. The number of nitrogens with zero attached hydrogens (tertiary/aromatic N) is 2. The van der Waals surface area contributed by atoms with E-state index in [1.807, 2.05) is 0 Å². The van der Waals surface area contributed by atoms with Gasteiger partial charge in [-0.1, -0.05) is 48.5 Å². The molecule has 0 unspecified atom stereocenters. The molecule has 2 aromatic carbocycles. The summed E-state index contributed by atoms with van der Waals surface area (Å²) in [6.45, 7) is 2.61. The Morgan fingerprint density at radius 2 is 1.85 bits per heavy atom. The Hall–Kier alpha value is -2.62. The first-order valence-electron chi connectivity index (χ1n) is 6.46. The number of aryl methyl sites for hydroxylation is 1. The van der Waals surface area contributed by atoms with Gasteiger partial charge in [-0.2, -0.15) is 10.3 Å². The van der Waals surface area contributed by atoms with Crippen molar-refractivity contribution < 1.29 is 4.74 Å². The van der Waals surface area contributed by atoms with Gasteiger partial charge in [0.1, 0.15) is 12.8 Å². The third kappa shape index (κ3) is 2.69. The zero-order valence-corrected chi connectivity index (χ0v) is 11.2. The molecule has 0 bridgehead atoms. The quantitative estimate of drug-likeness (QED) is 0.787. The Balaban J connectivity index is 1.73. The number of H-pyrrole nitrogens is 1. The topological polar surface area (TPSA) is 50.8 Å². The Bertz CT molecular complexity index is 675. The number of rotatable bonds is 4. The van der Waals surface area contributed by atoms with E-state index < -0.39 is 0 Å². The molecule has 0 aliphatic heterocycles. The van der Waals surface area contributed by atoms with E-state index in [0.717, 1.165) is 5.56 Å². The lowest BCUT2D eigenvalue weighted by Gasteiger charge is -2.07. The van der Waals surface area contributed by atoms with Crippen molar-refractivity contribution in [1.29, 1.82) is 0 Å². The van der Waals surface area contributed by atoms with E-state index in [-0.39, 0.29) is 0 Å². The van der Waals surface area contributed by atoms with Crippen molar-refractivity contribution in [1.82, 2.24) is 15.4 Å². The van der Waals surface area contributed by atoms with Crippen LogP contribution in [0, 0.1) is 6.92 Å². The van der Waals surface area contributed by atoms with Crippen molar-refractivity contribution in [2.45, 2.75) is 13.5 Å². The van der Waals surface area contributed by atoms with E-state index in [0.29, 0.717) is 12.5 Å². The first-order valence-corrected chi connectivity index (χ1v) is 6.46. The molecule has 4 nitrogen and oxygen atoms in total. The lowest BCUT2D eigenvalue weighted by atomic mass is 10.00. The smallest absolute Gasteiger partial charge is 0.253 e. The summed E-state index contributed by atoms with van der Waals surface area (Å²) in [6.07, 6.45) is 1.56. The average Bonchev–Trinajstić information content (AvgIpc) is 3.00. The van der Waals surface area contributed by atoms with Gasteiger partial charge in [-0.25, -0.2) is 0 Å². The molecule has 0 atom stereocenters. The molecule has 0 saturated heterocycles. The molecule has 1 aromatic heterocycles. The highest BCUT2D eigenvalue weighted by Gasteiger charge is 2.02. The molecule has 0 aliphatic rings. The molecule has 3 aromatic rings. The second-order valence-corrected chi connectivity index (χ2v) is 4.61. The number of benzene rings is 2. The Morgan fingerprint density at radius 1 is 1.05 bits per heavy atom. The number of hydrogen-bond donors (Lipinski definition) is 1. The first-order chi connectivity index (χ1) is 9.83.